The van der Waals surface area contributed by atoms with E-state index < -0.39 is 35.0 Å². The highest BCUT2D eigenvalue weighted by Gasteiger charge is 2.19. The summed E-state index contributed by atoms with van der Waals surface area (Å²) in [5, 5.41) is 8.87. The first kappa shape index (κ1) is 27.4. The van der Waals surface area contributed by atoms with Gasteiger partial charge in [0.2, 0.25) is 5.82 Å². The zero-order valence-corrected chi connectivity index (χ0v) is 20.1. The molecule has 0 heterocycles. The number of rotatable bonds is 9. The van der Waals surface area contributed by atoms with Crippen LogP contribution in [0.25, 0.3) is 16.7 Å². The number of benzene rings is 3. The molecular weight excluding hydrogens is 488 g/mol. The number of hydrogen-bond acceptors (Lipinski definition) is 4. The summed E-state index contributed by atoms with van der Waals surface area (Å²) in [6, 6.07) is 10.6. The molecule has 0 aliphatic heterocycles. The van der Waals surface area contributed by atoms with Crippen molar-refractivity contribution in [1.29, 1.82) is 0 Å². The molecule has 3 aromatic carbocycles. The molecule has 0 fully saturated rings. The van der Waals surface area contributed by atoms with E-state index in [4.69, 9.17) is 14.6 Å². The summed E-state index contributed by atoms with van der Waals surface area (Å²) >= 11 is 0. The summed E-state index contributed by atoms with van der Waals surface area (Å²) in [4.78, 5) is 12.5. The van der Waals surface area contributed by atoms with Gasteiger partial charge in [0.15, 0.2) is 23.2 Å². The minimum Gasteiger partial charge on any atom is -0.516 e. The lowest BCUT2D eigenvalue weighted by atomic mass is 9.97. The minimum absolute atomic E-state index is 0.000757. The van der Waals surface area contributed by atoms with Crippen molar-refractivity contribution in [2.45, 2.75) is 20.5 Å². The maximum atomic E-state index is 14.9. The molecule has 0 aliphatic rings. The molecule has 0 bridgehead atoms. The maximum Gasteiger partial charge on any atom is 0.343 e. The number of carbonyl (C=O) groups excluding carboxylic acids is 1. The first-order valence-electron chi connectivity index (χ1n) is 11.3. The lowest BCUT2D eigenvalue weighted by Gasteiger charge is -2.11. The summed E-state index contributed by atoms with van der Waals surface area (Å²) in [6.45, 7) is 3.63. The largest absolute Gasteiger partial charge is 0.516 e. The Hall–Kier alpha value is -4.17. The minimum atomic E-state index is -1.32. The Morgan fingerprint density at radius 3 is 2.30 bits per heavy atom. The van der Waals surface area contributed by atoms with Crippen molar-refractivity contribution >= 4 is 11.5 Å². The molecule has 0 aromatic heterocycles. The van der Waals surface area contributed by atoms with Gasteiger partial charge >= 0.3 is 5.97 Å². The molecule has 0 saturated carbocycles. The molecule has 37 heavy (non-hydrogen) atoms. The van der Waals surface area contributed by atoms with Crippen LogP contribution in [-0.4, -0.2) is 17.7 Å². The first-order valence-corrected chi connectivity index (χ1v) is 11.3. The Morgan fingerprint density at radius 1 is 0.919 bits per heavy atom. The van der Waals surface area contributed by atoms with Gasteiger partial charge in [-0.25, -0.2) is 18.0 Å². The van der Waals surface area contributed by atoms with Crippen molar-refractivity contribution in [1.82, 2.24) is 0 Å². The van der Waals surface area contributed by atoms with Crippen LogP contribution in [0.3, 0.4) is 0 Å². The molecule has 3 rings (SSSR count). The van der Waals surface area contributed by atoms with E-state index >= 15 is 0 Å². The second-order valence-electron chi connectivity index (χ2n) is 7.71. The van der Waals surface area contributed by atoms with Crippen LogP contribution in [0, 0.1) is 23.3 Å². The number of aliphatic hydroxyl groups is 1. The van der Waals surface area contributed by atoms with Gasteiger partial charge in [-0.05, 0) is 55.3 Å². The molecule has 0 radical (unpaired) electrons. The molecule has 4 nitrogen and oxygen atoms in total. The van der Waals surface area contributed by atoms with Crippen molar-refractivity contribution in [2.24, 2.45) is 0 Å². The van der Waals surface area contributed by atoms with Gasteiger partial charge in [-0.2, -0.15) is 4.39 Å². The van der Waals surface area contributed by atoms with E-state index in [1.54, 1.807) is 26.0 Å². The molecule has 0 atom stereocenters. The number of ether oxygens (including phenoxy) is 2. The molecule has 3 aromatic rings. The van der Waals surface area contributed by atoms with Gasteiger partial charge in [-0.15, -0.1) is 0 Å². The standard InChI is InChI=1S/C29H24F4O4/c1-3-6-18(7-5-16-34)22-13-14-23(27(32)26(22)31)19-8-10-20(11-9-19)29(35)37-24-15-12-21(17-36-4-2)25(30)28(24)33/h3,5-16,34H,4,17H2,1-2H3/b6-3-,16-5+,18-7+. The summed E-state index contributed by atoms with van der Waals surface area (Å²) in [6.07, 6.45) is 6.71. The van der Waals surface area contributed by atoms with Crippen LogP contribution in [0.5, 0.6) is 5.75 Å². The first-order chi connectivity index (χ1) is 17.8. The smallest absolute Gasteiger partial charge is 0.343 e. The average molecular weight is 512 g/mol. The summed E-state index contributed by atoms with van der Waals surface area (Å²) < 4.78 is 68.4. The van der Waals surface area contributed by atoms with E-state index in [-0.39, 0.29) is 34.4 Å². The molecule has 0 aliphatic carbocycles. The number of esters is 1. The summed E-state index contributed by atoms with van der Waals surface area (Å²) in [5.41, 5.74) is 0.568. The van der Waals surface area contributed by atoms with Crippen molar-refractivity contribution < 1.29 is 36.9 Å². The van der Waals surface area contributed by atoms with Gasteiger partial charge < -0.3 is 14.6 Å². The summed E-state index contributed by atoms with van der Waals surface area (Å²) in [7, 11) is 0. The van der Waals surface area contributed by atoms with Gasteiger partial charge in [0.25, 0.3) is 0 Å². The average Bonchev–Trinajstić information content (AvgIpc) is 2.90. The topological polar surface area (TPSA) is 55.8 Å². The molecular formula is C29H24F4O4. The second kappa shape index (κ2) is 12.7. The SMILES string of the molecule is C\C=C/C(=C\C=C\O)c1ccc(-c2ccc(C(=O)Oc3ccc(COCC)c(F)c3F)cc2)c(F)c1F. The molecule has 0 spiro atoms. The van der Waals surface area contributed by atoms with Crippen molar-refractivity contribution in [3.8, 4) is 16.9 Å². The number of aliphatic hydroxyl groups excluding tert-OH is 1. The van der Waals surface area contributed by atoms with Crippen LogP contribution in [0.4, 0.5) is 17.6 Å². The maximum absolute atomic E-state index is 14.9. The lowest BCUT2D eigenvalue weighted by molar-refractivity contribution is 0.0726. The second-order valence-corrected chi connectivity index (χ2v) is 7.71. The van der Waals surface area contributed by atoms with Crippen LogP contribution in [0.15, 0.2) is 79.1 Å². The van der Waals surface area contributed by atoms with Gasteiger partial charge in [0, 0.05) is 23.3 Å². The third kappa shape index (κ3) is 6.34. The fraction of sp³-hybridized carbons (Fsp3) is 0.138. The quantitative estimate of drug-likeness (QED) is 0.105. The van der Waals surface area contributed by atoms with Gasteiger partial charge in [0.1, 0.15) is 0 Å². The number of hydrogen-bond donors (Lipinski definition) is 1. The van der Waals surface area contributed by atoms with Crippen molar-refractivity contribution in [3.63, 3.8) is 0 Å². The third-order valence-corrected chi connectivity index (χ3v) is 5.32. The van der Waals surface area contributed by atoms with E-state index in [2.05, 4.69) is 0 Å². The molecule has 8 heteroatoms. The summed E-state index contributed by atoms with van der Waals surface area (Å²) in [5.74, 6) is -6.21. The van der Waals surface area contributed by atoms with E-state index in [0.717, 1.165) is 12.3 Å². The van der Waals surface area contributed by atoms with Crippen LogP contribution in [0.1, 0.15) is 35.3 Å². The zero-order chi connectivity index (χ0) is 26.9. The Balaban J connectivity index is 1.83. The van der Waals surface area contributed by atoms with Crippen LogP contribution in [-0.2, 0) is 11.3 Å². The Kier molecular flexibility index (Phi) is 9.40. The highest BCUT2D eigenvalue weighted by atomic mass is 19.2. The molecule has 0 amide bonds. The zero-order valence-electron chi connectivity index (χ0n) is 20.1. The molecule has 0 unspecified atom stereocenters. The van der Waals surface area contributed by atoms with Crippen molar-refractivity contribution in [2.75, 3.05) is 6.61 Å². The predicted molar refractivity (Wildman–Crippen MR) is 133 cm³/mol. The van der Waals surface area contributed by atoms with Gasteiger partial charge in [-0.3, -0.25) is 0 Å². The van der Waals surface area contributed by atoms with Crippen LogP contribution >= 0.6 is 0 Å². The highest BCUT2D eigenvalue weighted by Crippen LogP contribution is 2.31. The lowest BCUT2D eigenvalue weighted by Crippen LogP contribution is -2.11. The molecule has 1 N–H and O–H groups in total. The molecule has 0 saturated heterocycles. The van der Waals surface area contributed by atoms with E-state index in [9.17, 15) is 22.4 Å². The van der Waals surface area contributed by atoms with E-state index in [1.807, 2.05) is 0 Å². The van der Waals surface area contributed by atoms with Crippen LogP contribution < -0.4 is 4.74 Å². The van der Waals surface area contributed by atoms with Crippen LogP contribution in [0.2, 0.25) is 0 Å². The monoisotopic (exact) mass is 512 g/mol. The third-order valence-electron chi connectivity index (χ3n) is 5.32. The fourth-order valence-electron chi connectivity index (χ4n) is 3.48. The number of carbonyl (C=O) groups is 1. The number of allylic oxidation sites excluding steroid dienone is 5. The Morgan fingerprint density at radius 2 is 1.65 bits per heavy atom. The predicted octanol–water partition coefficient (Wildman–Crippen LogP) is 7.70. The molecule has 192 valence electrons. The van der Waals surface area contributed by atoms with Gasteiger partial charge in [-0.1, -0.05) is 42.5 Å². The fourth-order valence-corrected chi connectivity index (χ4v) is 3.48. The normalized spacial score (nSPS) is 12.0. The Labute approximate surface area is 211 Å². The van der Waals surface area contributed by atoms with E-state index in [1.165, 1.54) is 54.6 Å². The van der Waals surface area contributed by atoms with Gasteiger partial charge in [0.05, 0.1) is 18.4 Å². The highest BCUT2D eigenvalue weighted by molar-refractivity contribution is 5.91. The van der Waals surface area contributed by atoms with E-state index in [0.29, 0.717) is 12.2 Å². The number of halogens is 4. The van der Waals surface area contributed by atoms with Crippen molar-refractivity contribution in [3.05, 3.63) is 119 Å². The Bertz CT molecular complexity index is 1360.